The zero-order valence-electron chi connectivity index (χ0n) is 9.72. The lowest BCUT2D eigenvalue weighted by molar-refractivity contribution is 0.952. The molecule has 0 atom stereocenters. The van der Waals surface area contributed by atoms with Gasteiger partial charge < -0.3 is 5.32 Å². The average Bonchev–Trinajstić information content (AvgIpc) is 2.92. The summed E-state index contributed by atoms with van der Waals surface area (Å²) < 4.78 is 1.67. The first-order chi connectivity index (χ1) is 8.72. The molecule has 0 aliphatic carbocycles. The Labute approximate surface area is 113 Å². The normalized spacial score (nSPS) is 11.0. The quantitative estimate of drug-likeness (QED) is 0.799. The van der Waals surface area contributed by atoms with E-state index in [-0.39, 0.29) is 0 Å². The Kier molecular flexibility index (Phi) is 2.93. The van der Waals surface area contributed by atoms with Gasteiger partial charge in [0.05, 0.1) is 11.6 Å². The van der Waals surface area contributed by atoms with Crippen molar-refractivity contribution in [2.24, 2.45) is 0 Å². The van der Waals surface area contributed by atoms with Crippen LogP contribution >= 0.6 is 22.9 Å². The molecule has 0 aliphatic rings. The van der Waals surface area contributed by atoms with Gasteiger partial charge in [0.25, 0.3) is 0 Å². The topological polar surface area (TPSA) is 42.2 Å². The Hall–Kier alpha value is -1.59. The van der Waals surface area contributed by atoms with E-state index in [1.54, 1.807) is 28.1 Å². The molecule has 0 aromatic carbocycles. The second kappa shape index (κ2) is 4.59. The molecule has 0 unspecified atom stereocenters. The molecule has 92 valence electrons. The number of pyridine rings is 1. The third-order valence-electron chi connectivity index (χ3n) is 2.67. The summed E-state index contributed by atoms with van der Waals surface area (Å²) in [6.45, 7) is 2.85. The molecule has 0 spiro atoms. The van der Waals surface area contributed by atoms with E-state index in [1.807, 2.05) is 6.07 Å². The number of nitrogens with one attached hydrogen (secondary N) is 1. The number of nitrogens with zero attached hydrogens (tertiary/aromatic N) is 3. The minimum atomic E-state index is 0.616. The predicted octanol–water partition coefficient (Wildman–Crippen LogP) is 3.36. The number of anilines is 1. The molecule has 0 amide bonds. The van der Waals surface area contributed by atoms with Crippen molar-refractivity contribution < 1.29 is 0 Å². The molecular weight excluding hydrogens is 268 g/mol. The molecule has 0 radical (unpaired) electrons. The Bertz CT molecular complexity index is 688. The largest absolute Gasteiger partial charge is 0.348 e. The zero-order chi connectivity index (χ0) is 12.5. The van der Waals surface area contributed by atoms with Gasteiger partial charge in [0, 0.05) is 11.1 Å². The number of aryl methyl sites for hydroxylation is 1. The average molecular weight is 279 g/mol. The van der Waals surface area contributed by atoms with Crippen molar-refractivity contribution >= 4 is 34.5 Å². The molecule has 0 bridgehead atoms. The summed E-state index contributed by atoms with van der Waals surface area (Å²) >= 11 is 7.63. The molecule has 4 nitrogen and oxygen atoms in total. The summed E-state index contributed by atoms with van der Waals surface area (Å²) in [7, 11) is 0. The first kappa shape index (κ1) is 11.5. The summed E-state index contributed by atoms with van der Waals surface area (Å²) in [5.74, 6) is 0.616. The smallest absolute Gasteiger partial charge is 0.243 e. The van der Waals surface area contributed by atoms with Gasteiger partial charge in [-0.05, 0) is 36.1 Å². The number of aromatic nitrogens is 3. The molecule has 3 rings (SSSR count). The molecule has 6 heteroatoms. The van der Waals surface area contributed by atoms with Gasteiger partial charge in [-0.15, -0.1) is 16.4 Å². The zero-order valence-corrected chi connectivity index (χ0v) is 11.3. The lowest BCUT2D eigenvalue weighted by atomic mass is 10.3. The fourth-order valence-electron chi connectivity index (χ4n) is 1.68. The van der Waals surface area contributed by atoms with Gasteiger partial charge in [-0.1, -0.05) is 11.6 Å². The van der Waals surface area contributed by atoms with E-state index >= 15 is 0 Å². The highest BCUT2D eigenvalue weighted by atomic mass is 35.5. The van der Waals surface area contributed by atoms with E-state index in [9.17, 15) is 0 Å². The summed E-state index contributed by atoms with van der Waals surface area (Å²) in [6, 6.07) is 5.76. The molecular formula is C12H11ClN4S. The second-order valence-electron chi connectivity index (χ2n) is 3.97. The molecule has 0 aliphatic heterocycles. The minimum absolute atomic E-state index is 0.616. The monoisotopic (exact) mass is 278 g/mol. The molecule has 0 saturated heterocycles. The number of hydrogen-bond acceptors (Lipinski definition) is 4. The van der Waals surface area contributed by atoms with Crippen molar-refractivity contribution in [3.8, 4) is 0 Å². The van der Waals surface area contributed by atoms with Crippen LogP contribution < -0.4 is 5.32 Å². The van der Waals surface area contributed by atoms with Crippen molar-refractivity contribution in [2.45, 2.75) is 13.5 Å². The molecule has 0 saturated carbocycles. The van der Waals surface area contributed by atoms with Gasteiger partial charge in [0.15, 0.2) is 5.65 Å². The highest BCUT2D eigenvalue weighted by molar-refractivity contribution is 7.10. The molecule has 0 fully saturated rings. The lowest BCUT2D eigenvalue weighted by Crippen LogP contribution is -2.00. The van der Waals surface area contributed by atoms with Crippen molar-refractivity contribution in [2.75, 3.05) is 5.32 Å². The third kappa shape index (κ3) is 2.19. The highest BCUT2D eigenvalue weighted by Crippen LogP contribution is 2.17. The van der Waals surface area contributed by atoms with Crippen LogP contribution in [0.4, 0.5) is 5.95 Å². The molecule has 1 N–H and O–H groups in total. The van der Waals surface area contributed by atoms with Gasteiger partial charge in [-0.2, -0.15) is 4.98 Å². The van der Waals surface area contributed by atoms with Crippen LogP contribution in [0.1, 0.15) is 10.4 Å². The van der Waals surface area contributed by atoms with Crippen molar-refractivity contribution in [3.05, 3.63) is 45.2 Å². The predicted molar refractivity (Wildman–Crippen MR) is 74.4 cm³/mol. The highest BCUT2D eigenvalue weighted by Gasteiger charge is 2.05. The van der Waals surface area contributed by atoms with Gasteiger partial charge in [-0.3, -0.25) is 0 Å². The summed E-state index contributed by atoms with van der Waals surface area (Å²) in [4.78, 5) is 5.67. The molecule has 3 heterocycles. The fourth-order valence-corrected chi connectivity index (χ4v) is 2.68. The number of rotatable bonds is 3. The first-order valence-electron chi connectivity index (χ1n) is 5.51. The maximum Gasteiger partial charge on any atom is 0.243 e. The van der Waals surface area contributed by atoms with E-state index in [4.69, 9.17) is 11.6 Å². The number of hydrogen-bond donors (Lipinski definition) is 1. The van der Waals surface area contributed by atoms with Crippen molar-refractivity contribution in [1.29, 1.82) is 0 Å². The maximum absolute atomic E-state index is 5.90. The standard InChI is InChI=1S/C12H11ClN4S/c1-8-4-5-18-10(8)6-14-12-15-11-3-2-9(13)7-17(11)16-12/h2-5,7H,6H2,1H3,(H,14,16). The summed E-state index contributed by atoms with van der Waals surface area (Å²) in [5.41, 5.74) is 2.07. The van der Waals surface area contributed by atoms with Gasteiger partial charge in [-0.25, -0.2) is 4.52 Å². The van der Waals surface area contributed by atoms with Crippen LogP contribution in [0.15, 0.2) is 29.8 Å². The van der Waals surface area contributed by atoms with Gasteiger partial charge >= 0.3 is 0 Å². The summed E-state index contributed by atoms with van der Waals surface area (Å²) in [6.07, 6.45) is 1.74. The third-order valence-corrected chi connectivity index (χ3v) is 3.92. The summed E-state index contributed by atoms with van der Waals surface area (Å²) in [5, 5.41) is 10.3. The van der Waals surface area contributed by atoms with E-state index in [2.05, 4.69) is 33.8 Å². The van der Waals surface area contributed by atoms with Crippen molar-refractivity contribution in [1.82, 2.24) is 14.6 Å². The van der Waals surface area contributed by atoms with E-state index < -0.39 is 0 Å². The first-order valence-corrected chi connectivity index (χ1v) is 6.77. The van der Waals surface area contributed by atoms with Crippen LogP contribution in [0.3, 0.4) is 0 Å². The lowest BCUT2D eigenvalue weighted by Gasteiger charge is -1.99. The van der Waals surface area contributed by atoms with E-state index in [0.717, 1.165) is 12.2 Å². The van der Waals surface area contributed by atoms with Crippen molar-refractivity contribution in [3.63, 3.8) is 0 Å². The Balaban J connectivity index is 1.81. The van der Waals surface area contributed by atoms with Crippen LogP contribution in [0.5, 0.6) is 0 Å². The van der Waals surface area contributed by atoms with Gasteiger partial charge in [0.1, 0.15) is 0 Å². The molecule has 3 aromatic rings. The SMILES string of the molecule is Cc1ccsc1CNc1nc2ccc(Cl)cn2n1. The number of halogens is 1. The van der Waals surface area contributed by atoms with Gasteiger partial charge in [0.2, 0.25) is 5.95 Å². The number of fused-ring (bicyclic) bond motifs is 1. The van der Waals surface area contributed by atoms with Crippen LogP contribution in [0.25, 0.3) is 5.65 Å². The fraction of sp³-hybridized carbons (Fsp3) is 0.167. The number of thiophene rings is 1. The van der Waals surface area contributed by atoms with Crippen LogP contribution in [-0.4, -0.2) is 14.6 Å². The Morgan fingerprint density at radius 3 is 3.06 bits per heavy atom. The Morgan fingerprint density at radius 2 is 2.28 bits per heavy atom. The minimum Gasteiger partial charge on any atom is -0.348 e. The molecule has 3 aromatic heterocycles. The van der Waals surface area contributed by atoms with Crippen LogP contribution in [0, 0.1) is 6.92 Å². The van der Waals surface area contributed by atoms with Crippen LogP contribution in [-0.2, 0) is 6.54 Å². The van der Waals surface area contributed by atoms with Crippen LogP contribution in [0.2, 0.25) is 5.02 Å². The maximum atomic E-state index is 5.90. The molecule has 18 heavy (non-hydrogen) atoms. The van der Waals surface area contributed by atoms with E-state index in [0.29, 0.717) is 11.0 Å². The second-order valence-corrected chi connectivity index (χ2v) is 5.40. The van der Waals surface area contributed by atoms with E-state index in [1.165, 1.54) is 10.4 Å². The Morgan fingerprint density at radius 1 is 1.39 bits per heavy atom.